The number of carbonyl (C=O) groups is 1. The fraction of sp³-hybridized carbons (Fsp3) is 0.615. The zero-order valence-electron chi connectivity index (χ0n) is 9.71. The Morgan fingerprint density at radius 3 is 2.60 bits per heavy atom. The summed E-state index contributed by atoms with van der Waals surface area (Å²) in [5.41, 5.74) is 0.823. The van der Waals surface area contributed by atoms with Gasteiger partial charge in [0.15, 0.2) is 6.10 Å². The van der Waals surface area contributed by atoms with E-state index in [4.69, 9.17) is 11.2 Å². The highest BCUT2D eigenvalue weighted by atomic mass is 16.5. The second kappa shape index (κ2) is 8.11. The van der Waals surface area contributed by atoms with Crippen molar-refractivity contribution < 1.29 is 9.53 Å². The molecule has 84 valence electrons. The van der Waals surface area contributed by atoms with E-state index in [-0.39, 0.29) is 5.97 Å². The number of ether oxygens (including phenoxy) is 1. The molecule has 0 aliphatic heterocycles. The number of esters is 1. The van der Waals surface area contributed by atoms with Crippen molar-refractivity contribution in [2.45, 2.75) is 52.1 Å². The maximum atomic E-state index is 10.7. The molecule has 0 saturated carbocycles. The van der Waals surface area contributed by atoms with Crippen molar-refractivity contribution in [3.63, 3.8) is 0 Å². The molecule has 0 amide bonds. The first-order valence-electron chi connectivity index (χ1n) is 5.42. The van der Waals surface area contributed by atoms with Crippen LogP contribution < -0.4 is 0 Å². The van der Waals surface area contributed by atoms with E-state index in [2.05, 4.69) is 19.4 Å². The highest BCUT2D eigenvalue weighted by Crippen LogP contribution is 2.14. The Kier molecular flexibility index (Phi) is 7.44. The molecule has 0 aromatic heterocycles. The third-order valence-corrected chi connectivity index (χ3v) is 2.16. The Hall–Kier alpha value is -1.23. The van der Waals surface area contributed by atoms with Gasteiger partial charge in [-0.2, -0.15) is 0 Å². The van der Waals surface area contributed by atoms with E-state index in [1.165, 1.54) is 26.2 Å². The summed E-state index contributed by atoms with van der Waals surface area (Å²) in [6, 6.07) is 0. The highest BCUT2D eigenvalue weighted by molar-refractivity contribution is 5.66. The van der Waals surface area contributed by atoms with Crippen LogP contribution in [-0.2, 0) is 9.53 Å². The van der Waals surface area contributed by atoms with Crippen LogP contribution in [0, 0.1) is 12.3 Å². The van der Waals surface area contributed by atoms with E-state index < -0.39 is 6.10 Å². The number of rotatable bonds is 7. The minimum atomic E-state index is -0.552. The van der Waals surface area contributed by atoms with E-state index >= 15 is 0 Å². The van der Waals surface area contributed by atoms with Crippen molar-refractivity contribution in [1.82, 2.24) is 0 Å². The second-order valence-electron chi connectivity index (χ2n) is 3.63. The van der Waals surface area contributed by atoms with Crippen LogP contribution in [0.15, 0.2) is 12.2 Å². The van der Waals surface area contributed by atoms with Gasteiger partial charge in [0.05, 0.1) is 0 Å². The van der Waals surface area contributed by atoms with Crippen molar-refractivity contribution in [3.8, 4) is 12.3 Å². The average molecular weight is 208 g/mol. The zero-order chi connectivity index (χ0) is 11.7. The molecule has 0 heterocycles. The normalized spacial score (nSPS) is 11.5. The summed E-state index contributed by atoms with van der Waals surface area (Å²) in [5.74, 6) is 2.08. The maximum Gasteiger partial charge on any atom is 0.304 e. The minimum absolute atomic E-state index is 0.354. The predicted octanol–water partition coefficient (Wildman–Crippen LogP) is 3.08. The van der Waals surface area contributed by atoms with Crippen LogP contribution >= 0.6 is 0 Å². The molecule has 1 atom stereocenters. The van der Waals surface area contributed by atoms with Gasteiger partial charge in [0, 0.05) is 6.92 Å². The molecule has 15 heavy (non-hydrogen) atoms. The highest BCUT2D eigenvalue weighted by Gasteiger charge is 2.11. The van der Waals surface area contributed by atoms with Gasteiger partial charge in [-0.25, -0.2) is 0 Å². The van der Waals surface area contributed by atoms with Gasteiger partial charge in [-0.15, -0.1) is 6.42 Å². The molecule has 0 rings (SSSR count). The molecular weight excluding hydrogens is 188 g/mol. The Balaban J connectivity index is 3.85. The third kappa shape index (κ3) is 6.79. The Morgan fingerprint density at radius 1 is 1.47 bits per heavy atom. The maximum absolute atomic E-state index is 10.7. The topological polar surface area (TPSA) is 26.3 Å². The molecule has 0 bridgehead atoms. The molecule has 0 aromatic carbocycles. The Bertz CT molecular complexity index is 248. The second-order valence-corrected chi connectivity index (χ2v) is 3.63. The number of carbonyl (C=O) groups excluding carboxylic acids is 1. The first-order valence-corrected chi connectivity index (χ1v) is 5.42. The van der Waals surface area contributed by atoms with Gasteiger partial charge in [-0.1, -0.05) is 38.7 Å². The van der Waals surface area contributed by atoms with Gasteiger partial charge in [0.25, 0.3) is 0 Å². The molecule has 0 aliphatic rings. The zero-order valence-corrected chi connectivity index (χ0v) is 9.71. The van der Waals surface area contributed by atoms with Crippen LogP contribution in [0.3, 0.4) is 0 Å². The average Bonchev–Trinajstić information content (AvgIpc) is 2.20. The quantitative estimate of drug-likeness (QED) is 0.278. The number of terminal acetylenes is 1. The van der Waals surface area contributed by atoms with E-state index in [0.29, 0.717) is 0 Å². The van der Waals surface area contributed by atoms with Crippen LogP contribution in [0.5, 0.6) is 0 Å². The lowest BCUT2D eigenvalue weighted by molar-refractivity contribution is -0.142. The fourth-order valence-electron chi connectivity index (χ4n) is 1.31. The summed E-state index contributed by atoms with van der Waals surface area (Å²) < 4.78 is 4.94. The molecular formula is C13H20O2. The summed E-state index contributed by atoms with van der Waals surface area (Å²) in [6.07, 6.45) is 10.2. The minimum Gasteiger partial charge on any atom is -0.445 e. The molecule has 0 saturated heterocycles. The van der Waals surface area contributed by atoms with Gasteiger partial charge in [0.2, 0.25) is 0 Å². The van der Waals surface area contributed by atoms with Gasteiger partial charge >= 0.3 is 5.97 Å². The molecule has 0 fully saturated rings. The molecule has 0 spiro atoms. The SMILES string of the molecule is C#CC(OC(C)=O)C(=C)CCCCCC. The van der Waals surface area contributed by atoms with Crippen molar-refractivity contribution in [1.29, 1.82) is 0 Å². The van der Waals surface area contributed by atoms with Crippen molar-refractivity contribution in [2.75, 3.05) is 0 Å². The number of unbranched alkanes of at least 4 members (excludes halogenated alkanes) is 3. The summed E-state index contributed by atoms with van der Waals surface area (Å²) in [7, 11) is 0. The predicted molar refractivity (Wildman–Crippen MR) is 62.3 cm³/mol. The Morgan fingerprint density at radius 2 is 2.13 bits per heavy atom. The summed E-state index contributed by atoms with van der Waals surface area (Å²) in [5, 5.41) is 0. The number of hydrogen-bond acceptors (Lipinski definition) is 2. The monoisotopic (exact) mass is 208 g/mol. The largest absolute Gasteiger partial charge is 0.445 e. The third-order valence-electron chi connectivity index (χ3n) is 2.16. The van der Waals surface area contributed by atoms with Crippen molar-refractivity contribution in [3.05, 3.63) is 12.2 Å². The standard InChI is InChI=1S/C13H20O2/c1-5-7-8-9-10-11(3)13(6-2)15-12(4)14/h2,13H,3,5,7-10H2,1,4H3. The van der Waals surface area contributed by atoms with Gasteiger partial charge in [-0.05, 0) is 18.4 Å². The van der Waals surface area contributed by atoms with E-state index in [1.54, 1.807) is 0 Å². The summed E-state index contributed by atoms with van der Waals surface area (Å²) >= 11 is 0. The lowest BCUT2D eigenvalue weighted by atomic mass is 10.0. The molecule has 2 nitrogen and oxygen atoms in total. The van der Waals surface area contributed by atoms with Gasteiger partial charge in [0.1, 0.15) is 0 Å². The van der Waals surface area contributed by atoms with Crippen molar-refractivity contribution >= 4 is 5.97 Å². The van der Waals surface area contributed by atoms with Gasteiger partial charge in [-0.3, -0.25) is 4.79 Å². The van der Waals surface area contributed by atoms with E-state index in [1.807, 2.05) is 0 Å². The summed E-state index contributed by atoms with van der Waals surface area (Å²) in [4.78, 5) is 10.7. The molecule has 1 unspecified atom stereocenters. The molecule has 0 radical (unpaired) electrons. The first kappa shape index (κ1) is 13.8. The van der Waals surface area contributed by atoms with Crippen LogP contribution in [0.2, 0.25) is 0 Å². The lowest BCUT2D eigenvalue weighted by Crippen LogP contribution is -2.16. The molecule has 0 aromatic rings. The molecule has 0 N–H and O–H groups in total. The van der Waals surface area contributed by atoms with Crippen LogP contribution in [0.1, 0.15) is 46.0 Å². The summed E-state index contributed by atoms with van der Waals surface area (Å²) in [6.45, 7) is 7.38. The Labute approximate surface area is 92.7 Å². The van der Waals surface area contributed by atoms with Crippen molar-refractivity contribution in [2.24, 2.45) is 0 Å². The molecule has 2 heteroatoms. The van der Waals surface area contributed by atoms with E-state index in [9.17, 15) is 4.79 Å². The number of hydrogen-bond donors (Lipinski definition) is 0. The van der Waals surface area contributed by atoms with Crippen LogP contribution in [0.25, 0.3) is 0 Å². The van der Waals surface area contributed by atoms with Crippen LogP contribution in [-0.4, -0.2) is 12.1 Å². The smallest absolute Gasteiger partial charge is 0.304 e. The fourth-order valence-corrected chi connectivity index (χ4v) is 1.31. The van der Waals surface area contributed by atoms with Gasteiger partial charge < -0.3 is 4.74 Å². The molecule has 0 aliphatic carbocycles. The van der Waals surface area contributed by atoms with Crippen LogP contribution in [0.4, 0.5) is 0 Å². The first-order chi connectivity index (χ1) is 7.11. The van der Waals surface area contributed by atoms with E-state index in [0.717, 1.165) is 18.4 Å². The lowest BCUT2D eigenvalue weighted by Gasteiger charge is -2.13.